The minimum Gasteiger partial charge on any atom is -0.393 e. The first-order valence-electron chi connectivity index (χ1n) is 7.98. The minimum absolute atomic E-state index is 0.118. The molecule has 2 N–H and O–H groups in total. The van der Waals surface area contributed by atoms with E-state index in [1.165, 1.54) is 6.21 Å². The number of amides is 1. The maximum absolute atomic E-state index is 12.8. The fourth-order valence-corrected chi connectivity index (χ4v) is 2.97. The molecule has 1 aliphatic heterocycles. The number of likely N-dealkylation sites (N-methyl/N-ethyl adjacent to an activating group) is 1. The normalized spacial score (nSPS) is 20.1. The molecule has 7 nitrogen and oxygen atoms in total. The van der Waals surface area contributed by atoms with E-state index >= 15 is 0 Å². The zero-order valence-electron chi connectivity index (χ0n) is 14.7. The van der Waals surface area contributed by atoms with Gasteiger partial charge in [0, 0.05) is 44.8 Å². The number of nitriles is 1. The van der Waals surface area contributed by atoms with Crippen molar-refractivity contribution in [2.45, 2.75) is 12.1 Å². The van der Waals surface area contributed by atoms with Gasteiger partial charge in [0.1, 0.15) is 0 Å². The Morgan fingerprint density at radius 1 is 1.40 bits per heavy atom. The average molecular weight is 341 g/mol. The predicted molar refractivity (Wildman–Crippen MR) is 96.1 cm³/mol. The molecule has 7 heteroatoms. The molecule has 1 fully saturated rings. The molecule has 0 bridgehead atoms. The van der Waals surface area contributed by atoms with E-state index in [9.17, 15) is 4.79 Å². The van der Waals surface area contributed by atoms with Crippen LogP contribution in [0.25, 0.3) is 5.57 Å². The number of likely N-dealkylation sites (tertiary alicyclic amines) is 1. The smallest absolute Gasteiger partial charge is 0.253 e. The van der Waals surface area contributed by atoms with Gasteiger partial charge in [-0.1, -0.05) is 12.1 Å². The summed E-state index contributed by atoms with van der Waals surface area (Å²) in [7, 11) is 5.10. The number of nitrogens with one attached hydrogen (secondary N) is 2. The number of hydrogen-bond acceptors (Lipinski definition) is 6. The van der Waals surface area contributed by atoms with Crippen LogP contribution in [0.5, 0.6) is 0 Å². The average Bonchev–Trinajstić information content (AvgIpc) is 3.08. The Morgan fingerprint density at radius 2 is 2.04 bits per heavy atom. The van der Waals surface area contributed by atoms with Crippen molar-refractivity contribution in [2.75, 3.05) is 34.3 Å². The number of ether oxygens (including phenoxy) is 1. The molecule has 1 heterocycles. The van der Waals surface area contributed by atoms with E-state index < -0.39 is 0 Å². The van der Waals surface area contributed by atoms with Gasteiger partial charge < -0.3 is 25.3 Å². The first-order valence-corrected chi connectivity index (χ1v) is 7.98. The number of hydrogen-bond donors (Lipinski definition) is 2. The lowest BCUT2D eigenvalue weighted by atomic mass is 10.0. The third-order valence-electron chi connectivity index (χ3n) is 4.42. The number of carbonyl (C=O) groups excluding carboxylic acids is 1. The van der Waals surface area contributed by atoms with Crippen molar-refractivity contribution in [1.82, 2.24) is 15.1 Å². The van der Waals surface area contributed by atoms with Gasteiger partial charge in [-0.15, -0.1) is 0 Å². The Kier molecular flexibility index (Phi) is 6.14. The van der Waals surface area contributed by atoms with Crippen LogP contribution in [-0.4, -0.2) is 68.4 Å². The van der Waals surface area contributed by atoms with E-state index in [2.05, 4.69) is 11.5 Å². The van der Waals surface area contributed by atoms with Crippen molar-refractivity contribution in [1.29, 1.82) is 10.7 Å². The highest BCUT2D eigenvalue weighted by Crippen LogP contribution is 2.20. The molecule has 0 unspecified atom stereocenters. The fraction of sp³-hybridized carbons (Fsp3) is 0.389. The molecular formula is C18H23N5O2. The summed E-state index contributed by atoms with van der Waals surface area (Å²) in [6, 6.07) is 6.97. The molecular weight excluding hydrogens is 318 g/mol. The Hall–Kier alpha value is -2.85. The van der Waals surface area contributed by atoms with Crippen molar-refractivity contribution >= 4 is 17.7 Å². The maximum Gasteiger partial charge on any atom is 0.253 e. The van der Waals surface area contributed by atoms with E-state index in [0.717, 1.165) is 11.1 Å². The van der Waals surface area contributed by atoms with Crippen LogP contribution in [0.4, 0.5) is 0 Å². The zero-order chi connectivity index (χ0) is 18.4. The van der Waals surface area contributed by atoms with Crippen LogP contribution >= 0.6 is 0 Å². The highest BCUT2D eigenvalue weighted by molar-refractivity contribution is 6.08. The van der Waals surface area contributed by atoms with Crippen LogP contribution in [0.1, 0.15) is 15.9 Å². The zero-order valence-corrected chi connectivity index (χ0v) is 14.7. The molecule has 132 valence electrons. The summed E-state index contributed by atoms with van der Waals surface area (Å²) in [6.45, 7) is 0.962. The van der Waals surface area contributed by atoms with Crippen LogP contribution in [-0.2, 0) is 4.74 Å². The molecule has 2 rings (SSSR count). The topological polar surface area (TPSA) is 92.5 Å². The lowest BCUT2D eigenvalue weighted by molar-refractivity contribution is 0.0418. The SMILES string of the molecule is CN/C=C(\C=N)c1ccc(C(=O)N(C)[C@H]2CN(C#N)C[C@@H]2OC)cc1. The number of nitrogens with zero attached hydrogens (tertiary/aromatic N) is 3. The summed E-state index contributed by atoms with van der Waals surface area (Å²) in [4.78, 5) is 16.0. The molecule has 0 radical (unpaired) electrons. The summed E-state index contributed by atoms with van der Waals surface area (Å²) < 4.78 is 5.43. The van der Waals surface area contributed by atoms with E-state index in [-0.39, 0.29) is 18.1 Å². The predicted octanol–water partition coefficient (Wildman–Crippen LogP) is 1.15. The van der Waals surface area contributed by atoms with Crippen LogP contribution < -0.4 is 5.32 Å². The Labute approximate surface area is 148 Å². The Bertz CT molecular complexity index is 692. The van der Waals surface area contributed by atoms with Gasteiger partial charge in [-0.05, 0) is 17.7 Å². The molecule has 1 aromatic carbocycles. The van der Waals surface area contributed by atoms with Gasteiger partial charge in [-0.25, -0.2) is 0 Å². The van der Waals surface area contributed by atoms with Gasteiger partial charge in [0.05, 0.1) is 25.2 Å². The molecule has 0 aromatic heterocycles. The van der Waals surface area contributed by atoms with Gasteiger partial charge >= 0.3 is 0 Å². The second-order valence-electron chi connectivity index (χ2n) is 5.87. The number of rotatable bonds is 6. The van der Waals surface area contributed by atoms with E-state index in [1.807, 2.05) is 12.1 Å². The van der Waals surface area contributed by atoms with Crippen LogP contribution in [0.3, 0.4) is 0 Å². The molecule has 1 saturated heterocycles. The Morgan fingerprint density at radius 3 is 2.56 bits per heavy atom. The molecule has 0 saturated carbocycles. The number of benzene rings is 1. The lowest BCUT2D eigenvalue weighted by Crippen LogP contribution is -2.45. The maximum atomic E-state index is 12.8. The molecule has 2 atom stereocenters. The summed E-state index contributed by atoms with van der Waals surface area (Å²) in [5, 5.41) is 19.4. The first kappa shape index (κ1) is 18.5. The highest BCUT2D eigenvalue weighted by atomic mass is 16.5. The van der Waals surface area contributed by atoms with Crippen molar-refractivity contribution in [3.8, 4) is 6.19 Å². The highest BCUT2D eigenvalue weighted by Gasteiger charge is 2.37. The molecule has 0 aliphatic carbocycles. The van der Waals surface area contributed by atoms with Gasteiger partial charge in [0.25, 0.3) is 5.91 Å². The largest absolute Gasteiger partial charge is 0.393 e. The van der Waals surface area contributed by atoms with Crippen LogP contribution in [0.15, 0.2) is 30.5 Å². The van der Waals surface area contributed by atoms with Crippen molar-refractivity contribution in [3.05, 3.63) is 41.6 Å². The summed E-state index contributed by atoms with van der Waals surface area (Å²) in [5.41, 5.74) is 2.15. The first-order chi connectivity index (χ1) is 12.0. The van der Waals surface area contributed by atoms with E-state index in [0.29, 0.717) is 18.7 Å². The fourth-order valence-electron chi connectivity index (χ4n) is 2.97. The van der Waals surface area contributed by atoms with Crippen molar-refractivity contribution in [2.24, 2.45) is 0 Å². The number of carbonyl (C=O) groups is 1. The second-order valence-corrected chi connectivity index (χ2v) is 5.87. The van der Waals surface area contributed by atoms with Crippen LogP contribution in [0.2, 0.25) is 0 Å². The van der Waals surface area contributed by atoms with Crippen molar-refractivity contribution < 1.29 is 9.53 Å². The third kappa shape index (κ3) is 3.98. The van der Waals surface area contributed by atoms with E-state index in [4.69, 9.17) is 15.4 Å². The Balaban J connectivity index is 2.16. The molecule has 25 heavy (non-hydrogen) atoms. The van der Waals surface area contributed by atoms with Crippen molar-refractivity contribution in [3.63, 3.8) is 0 Å². The van der Waals surface area contributed by atoms with Crippen LogP contribution in [0, 0.1) is 16.9 Å². The molecule has 1 amide bonds. The standard InChI is InChI=1S/C18H23N5O2/c1-21-9-15(8-19)13-4-6-14(7-5-13)18(24)22(2)16-10-23(12-20)11-17(16)25-3/h4-9,16-17,19,21H,10-11H2,1-3H3/b15-9+,19-8?/t16-,17-/m0/s1. The lowest BCUT2D eigenvalue weighted by Gasteiger charge is -2.28. The summed E-state index contributed by atoms with van der Waals surface area (Å²) in [6.07, 6.45) is 4.92. The molecule has 0 spiro atoms. The van der Waals surface area contributed by atoms with Gasteiger partial charge in [-0.2, -0.15) is 5.26 Å². The van der Waals surface area contributed by atoms with Gasteiger partial charge in [0.2, 0.25) is 0 Å². The number of methoxy groups -OCH3 is 1. The quantitative estimate of drug-likeness (QED) is 0.598. The number of allylic oxidation sites excluding steroid dienone is 1. The summed E-state index contributed by atoms with van der Waals surface area (Å²) >= 11 is 0. The molecule has 1 aromatic rings. The third-order valence-corrected chi connectivity index (χ3v) is 4.42. The minimum atomic E-state index is -0.184. The summed E-state index contributed by atoms with van der Waals surface area (Å²) in [5.74, 6) is -0.118. The monoisotopic (exact) mass is 341 g/mol. The molecule has 1 aliphatic rings. The van der Waals surface area contributed by atoms with E-state index in [1.54, 1.807) is 49.3 Å². The van der Waals surface area contributed by atoms with Gasteiger partial charge in [-0.3, -0.25) is 4.79 Å². The van der Waals surface area contributed by atoms with Gasteiger partial charge in [0.15, 0.2) is 6.19 Å². The second kappa shape index (κ2) is 8.31.